The molecule has 0 amide bonds. The molecule has 0 saturated carbocycles. The zero-order valence-corrected chi connectivity index (χ0v) is 11.4. The number of halogens is 1. The van der Waals surface area contributed by atoms with Crippen molar-refractivity contribution in [3.63, 3.8) is 0 Å². The Morgan fingerprint density at radius 2 is 1.94 bits per heavy atom. The molecule has 0 atom stereocenters. The number of aromatic nitrogens is 1. The molecule has 17 heavy (non-hydrogen) atoms. The summed E-state index contributed by atoms with van der Waals surface area (Å²) in [6, 6.07) is 7.90. The smallest absolute Gasteiger partial charge is 0.132 e. The molecule has 0 fully saturated rings. The standard InChI is InChI=1S/C13H14BrN3/c1-8-5-10(14)3-4-12(8)17-13-6-11(15)9(2)7-16-13/h3-7H,1-2H3,(H3,15,16,17). The predicted molar refractivity (Wildman–Crippen MR) is 75.5 cm³/mol. The first-order valence-electron chi connectivity index (χ1n) is 5.31. The third-order valence-electron chi connectivity index (χ3n) is 2.60. The Hall–Kier alpha value is -1.55. The molecule has 0 spiro atoms. The number of nitrogens with two attached hydrogens (primary N) is 1. The van der Waals surface area contributed by atoms with E-state index in [-0.39, 0.29) is 0 Å². The molecule has 3 nitrogen and oxygen atoms in total. The molecule has 0 aliphatic heterocycles. The second kappa shape index (κ2) is 4.75. The Morgan fingerprint density at radius 3 is 2.59 bits per heavy atom. The minimum absolute atomic E-state index is 0.747. The van der Waals surface area contributed by atoms with Gasteiger partial charge in [-0.3, -0.25) is 0 Å². The second-order valence-corrected chi connectivity index (χ2v) is 4.93. The van der Waals surface area contributed by atoms with Gasteiger partial charge in [-0.2, -0.15) is 0 Å². The fourth-order valence-corrected chi connectivity index (χ4v) is 1.99. The third kappa shape index (κ3) is 2.77. The number of pyridine rings is 1. The van der Waals surface area contributed by atoms with Crippen LogP contribution in [0.1, 0.15) is 11.1 Å². The number of hydrogen-bond acceptors (Lipinski definition) is 3. The van der Waals surface area contributed by atoms with Gasteiger partial charge in [0, 0.05) is 28.1 Å². The van der Waals surface area contributed by atoms with E-state index >= 15 is 0 Å². The lowest BCUT2D eigenvalue weighted by molar-refractivity contribution is 1.26. The summed E-state index contributed by atoms with van der Waals surface area (Å²) >= 11 is 3.44. The van der Waals surface area contributed by atoms with E-state index in [4.69, 9.17) is 5.73 Å². The molecule has 2 aromatic rings. The van der Waals surface area contributed by atoms with Gasteiger partial charge in [0.25, 0.3) is 0 Å². The average molecular weight is 292 g/mol. The molecule has 2 rings (SSSR count). The van der Waals surface area contributed by atoms with Crippen molar-refractivity contribution in [3.05, 3.63) is 46.1 Å². The lowest BCUT2D eigenvalue weighted by atomic mass is 10.2. The first-order valence-corrected chi connectivity index (χ1v) is 6.11. The lowest BCUT2D eigenvalue weighted by Gasteiger charge is -2.10. The highest BCUT2D eigenvalue weighted by molar-refractivity contribution is 9.10. The summed E-state index contributed by atoms with van der Waals surface area (Å²) in [6.45, 7) is 3.99. The van der Waals surface area contributed by atoms with Gasteiger partial charge in [-0.05, 0) is 43.2 Å². The monoisotopic (exact) mass is 291 g/mol. The van der Waals surface area contributed by atoms with E-state index in [0.29, 0.717) is 0 Å². The summed E-state index contributed by atoms with van der Waals surface area (Å²) in [5, 5.41) is 3.26. The Morgan fingerprint density at radius 1 is 1.18 bits per heavy atom. The highest BCUT2D eigenvalue weighted by Gasteiger charge is 2.02. The number of anilines is 3. The van der Waals surface area contributed by atoms with E-state index in [1.54, 1.807) is 6.20 Å². The summed E-state index contributed by atoms with van der Waals surface area (Å²) in [6.07, 6.45) is 1.77. The van der Waals surface area contributed by atoms with Crippen LogP contribution in [0, 0.1) is 13.8 Å². The van der Waals surface area contributed by atoms with Crippen LogP contribution >= 0.6 is 15.9 Å². The highest BCUT2D eigenvalue weighted by atomic mass is 79.9. The van der Waals surface area contributed by atoms with Crippen molar-refractivity contribution >= 4 is 33.1 Å². The van der Waals surface area contributed by atoms with Crippen molar-refractivity contribution < 1.29 is 0 Å². The minimum atomic E-state index is 0.747. The SMILES string of the molecule is Cc1cnc(Nc2ccc(Br)cc2C)cc1N. The Labute approximate surface area is 109 Å². The number of nitrogens with zero attached hydrogens (tertiary/aromatic N) is 1. The van der Waals surface area contributed by atoms with Gasteiger partial charge in [-0.1, -0.05) is 15.9 Å². The van der Waals surface area contributed by atoms with Crippen molar-refractivity contribution in [2.45, 2.75) is 13.8 Å². The van der Waals surface area contributed by atoms with Crippen molar-refractivity contribution in [2.75, 3.05) is 11.1 Å². The second-order valence-electron chi connectivity index (χ2n) is 4.01. The molecular formula is C13H14BrN3. The minimum Gasteiger partial charge on any atom is -0.398 e. The topological polar surface area (TPSA) is 50.9 Å². The largest absolute Gasteiger partial charge is 0.398 e. The van der Waals surface area contributed by atoms with E-state index in [9.17, 15) is 0 Å². The van der Waals surface area contributed by atoms with Gasteiger partial charge >= 0.3 is 0 Å². The molecule has 0 bridgehead atoms. The van der Waals surface area contributed by atoms with Crippen LogP contribution in [-0.2, 0) is 0 Å². The number of rotatable bonds is 2. The summed E-state index contributed by atoms with van der Waals surface area (Å²) in [7, 11) is 0. The fourth-order valence-electron chi connectivity index (χ4n) is 1.51. The number of nitrogens with one attached hydrogen (secondary N) is 1. The quantitative estimate of drug-likeness (QED) is 0.885. The average Bonchev–Trinajstić information content (AvgIpc) is 2.27. The predicted octanol–water partition coefficient (Wildman–Crippen LogP) is 3.79. The van der Waals surface area contributed by atoms with Crippen LogP contribution in [0.3, 0.4) is 0 Å². The highest BCUT2D eigenvalue weighted by Crippen LogP contribution is 2.24. The van der Waals surface area contributed by atoms with E-state index in [1.807, 2.05) is 32.0 Å². The molecule has 4 heteroatoms. The van der Waals surface area contributed by atoms with Crippen LogP contribution in [0.15, 0.2) is 34.9 Å². The van der Waals surface area contributed by atoms with E-state index in [1.165, 1.54) is 0 Å². The maximum absolute atomic E-state index is 5.85. The van der Waals surface area contributed by atoms with E-state index < -0.39 is 0 Å². The first kappa shape index (κ1) is 11.9. The van der Waals surface area contributed by atoms with Gasteiger partial charge in [0.15, 0.2) is 0 Å². The molecule has 0 aliphatic rings. The van der Waals surface area contributed by atoms with Crippen LogP contribution in [0.2, 0.25) is 0 Å². The summed E-state index contributed by atoms with van der Waals surface area (Å²) in [4.78, 5) is 4.30. The van der Waals surface area contributed by atoms with Crippen LogP contribution in [0.5, 0.6) is 0 Å². The summed E-state index contributed by atoms with van der Waals surface area (Å²) in [5.74, 6) is 0.763. The Kier molecular flexibility index (Phi) is 3.33. The van der Waals surface area contributed by atoms with Gasteiger partial charge in [-0.25, -0.2) is 4.98 Å². The zero-order chi connectivity index (χ0) is 12.4. The van der Waals surface area contributed by atoms with Crippen molar-refractivity contribution in [1.82, 2.24) is 4.98 Å². The molecule has 1 heterocycles. The molecule has 0 unspecified atom stereocenters. The number of aryl methyl sites for hydroxylation is 2. The van der Waals surface area contributed by atoms with Gasteiger partial charge in [0.1, 0.15) is 5.82 Å². The molecule has 3 N–H and O–H groups in total. The first-order chi connectivity index (χ1) is 8.06. The molecule has 88 valence electrons. The van der Waals surface area contributed by atoms with Gasteiger partial charge in [-0.15, -0.1) is 0 Å². The van der Waals surface area contributed by atoms with Gasteiger partial charge in [0.2, 0.25) is 0 Å². The van der Waals surface area contributed by atoms with Crippen molar-refractivity contribution in [3.8, 4) is 0 Å². The third-order valence-corrected chi connectivity index (χ3v) is 3.09. The summed E-state index contributed by atoms with van der Waals surface area (Å²) in [5.41, 5.74) is 9.77. The normalized spacial score (nSPS) is 10.3. The number of nitrogen functional groups attached to an aromatic ring is 1. The Bertz CT molecular complexity index is 552. The molecule has 1 aromatic carbocycles. The molecular weight excluding hydrogens is 278 g/mol. The van der Waals surface area contributed by atoms with Gasteiger partial charge < -0.3 is 11.1 Å². The van der Waals surface area contributed by atoms with Gasteiger partial charge in [0.05, 0.1) is 0 Å². The Balaban J connectivity index is 2.28. The maximum atomic E-state index is 5.85. The fraction of sp³-hybridized carbons (Fsp3) is 0.154. The van der Waals surface area contributed by atoms with Crippen LogP contribution in [0.25, 0.3) is 0 Å². The summed E-state index contributed by atoms with van der Waals surface area (Å²) < 4.78 is 1.07. The van der Waals surface area contributed by atoms with Crippen LogP contribution < -0.4 is 11.1 Å². The van der Waals surface area contributed by atoms with E-state index in [0.717, 1.165) is 32.8 Å². The lowest BCUT2D eigenvalue weighted by Crippen LogP contribution is -1.98. The maximum Gasteiger partial charge on any atom is 0.132 e. The van der Waals surface area contributed by atoms with Crippen molar-refractivity contribution in [2.24, 2.45) is 0 Å². The van der Waals surface area contributed by atoms with Crippen LogP contribution in [-0.4, -0.2) is 4.98 Å². The molecule has 0 aliphatic carbocycles. The zero-order valence-electron chi connectivity index (χ0n) is 9.79. The van der Waals surface area contributed by atoms with Crippen molar-refractivity contribution in [1.29, 1.82) is 0 Å². The number of benzene rings is 1. The molecule has 1 aromatic heterocycles. The van der Waals surface area contributed by atoms with E-state index in [2.05, 4.69) is 32.3 Å². The molecule has 0 saturated heterocycles. The van der Waals surface area contributed by atoms with Crippen LogP contribution in [0.4, 0.5) is 17.2 Å². The number of hydrogen-bond donors (Lipinski definition) is 2. The molecule has 0 radical (unpaired) electrons.